The maximum Gasteiger partial charge on any atom is 0.0455 e. The monoisotopic (exact) mass is 254 g/mol. The fourth-order valence-electron chi connectivity index (χ4n) is 2.39. The van der Waals surface area contributed by atoms with Crippen LogP contribution in [0.15, 0.2) is 48.6 Å². The van der Waals surface area contributed by atoms with Gasteiger partial charge in [0.2, 0.25) is 0 Å². The summed E-state index contributed by atoms with van der Waals surface area (Å²) < 4.78 is 2.30. The van der Waals surface area contributed by atoms with Crippen LogP contribution >= 0.6 is 0 Å². The predicted molar refractivity (Wildman–Crippen MR) is 81.8 cm³/mol. The van der Waals surface area contributed by atoms with Crippen LogP contribution in [0.3, 0.4) is 0 Å². The van der Waals surface area contributed by atoms with E-state index in [4.69, 9.17) is 0 Å². The molecular weight excluding hydrogens is 232 g/mol. The number of aryl methyl sites for hydroxylation is 1. The molecule has 0 atom stereocenters. The van der Waals surface area contributed by atoms with Crippen molar-refractivity contribution in [2.75, 3.05) is 6.54 Å². The quantitative estimate of drug-likeness (QED) is 0.804. The first-order valence-electron chi connectivity index (χ1n) is 6.68. The number of rotatable bonds is 5. The number of hydrogen-bond acceptors (Lipinski definition) is 1. The molecule has 0 bridgehead atoms. The maximum absolute atomic E-state index is 3.91. The molecule has 19 heavy (non-hydrogen) atoms. The van der Waals surface area contributed by atoms with Gasteiger partial charge in [0.15, 0.2) is 0 Å². The van der Waals surface area contributed by atoms with Gasteiger partial charge in [-0.2, -0.15) is 0 Å². The van der Waals surface area contributed by atoms with Crippen molar-refractivity contribution >= 4 is 0 Å². The first kappa shape index (κ1) is 13.6. The molecule has 1 N–H and O–H groups in total. The Bertz CT molecular complexity index is 564. The highest BCUT2D eigenvalue weighted by atomic mass is 15.0. The van der Waals surface area contributed by atoms with Crippen LogP contribution < -0.4 is 5.32 Å². The molecule has 2 heteroatoms. The maximum atomic E-state index is 3.91. The van der Waals surface area contributed by atoms with E-state index in [9.17, 15) is 0 Å². The lowest BCUT2D eigenvalue weighted by Crippen LogP contribution is -2.15. The van der Waals surface area contributed by atoms with E-state index in [0.717, 1.165) is 18.7 Å². The molecule has 100 valence electrons. The van der Waals surface area contributed by atoms with Gasteiger partial charge in [0.1, 0.15) is 0 Å². The van der Waals surface area contributed by atoms with Crippen LogP contribution in [-0.4, -0.2) is 11.1 Å². The lowest BCUT2D eigenvalue weighted by molar-refractivity contribution is 0.735. The summed E-state index contributed by atoms with van der Waals surface area (Å²) in [5, 5.41) is 3.42. The van der Waals surface area contributed by atoms with E-state index in [1.54, 1.807) is 0 Å². The second-order valence-corrected chi connectivity index (χ2v) is 5.13. The van der Waals surface area contributed by atoms with E-state index in [0.29, 0.717) is 0 Å². The smallest absolute Gasteiger partial charge is 0.0455 e. The van der Waals surface area contributed by atoms with Gasteiger partial charge in [-0.15, -0.1) is 0 Å². The standard InChI is InChI=1S/C17H22N2/c1-13(2)11-18-12-16-10-14(3)19(15(16)4)17-8-6-5-7-9-17/h5-10,18H,1,11-12H2,2-4H3. The molecule has 0 amide bonds. The third-order valence-corrected chi connectivity index (χ3v) is 3.29. The molecule has 0 spiro atoms. The van der Waals surface area contributed by atoms with Gasteiger partial charge >= 0.3 is 0 Å². The number of nitrogens with zero attached hydrogens (tertiary/aromatic N) is 1. The molecule has 0 saturated heterocycles. The van der Waals surface area contributed by atoms with Gasteiger partial charge in [-0.05, 0) is 44.5 Å². The van der Waals surface area contributed by atoms with Crippen LogP contribution in [0.25, 0.3) is 5.69 Å². The summed E-state index contributed by atoms with van der Waals surface area (Å²) in [7, 11) is 0. The summed E-state index contributed by atoms with van der Waals surface area (Å²) in [4.78, 5) is 0. The van der Waals surface area contributed by atoms with E-state index < -0.39 is 0 Å². The van der Waals surface area contributed by atoms with Crippen molar-refractivity contribution in [1.82, 2.24) is 9.88 Å². The zero-order valence-electron chi connectivity index (χ0n) is 12.0. The van der Waals surface area contributed by atoms with Crippen molar-refractivity contribution in [3.63, 3.8) is 0 Å². The summed E-state index contributed by atoms with van der Waals surface area (Å²) >= 11 is 0. The fourth-order valence-corrected chi connectivity index (χ4v) is 2.39. The molecule has 0 saturated carbocycles. The van der Waals surface area contributed by atoms with Crippen LogP contribution in [0, 0.1) is 13.8 Å². The molecule has 0 radical (unpaired) electrons. The highest BCUT2D eigenvalue weighted by molar-refractivity contribution is 5.40. The Kier molecular flexibility index (Phi) is 4.23. The molecule has 1 heterocycles. The van der Waals surface area contributed by atoms with Gasteiger partial charge in [-0.1, -0.05) is 30.4 Å². The summed E-state index contributed by atoms with van der Waals surface area (Å²) in [5.74, 6) is 0. The van der Waals surface area contributed by atoms with Gasteiger partial charge in [-0.25, -0.2) is 0 Å². The summed E-state index contributed by atoms with van der Waals surface area (Å²) in [6, 6.07) is 12.7. The van der Waals surface area contributed by atoms with Crippen molar-refractivity contribution < 1.29 is 0 Å². The zero-order chi connectivity index (χ0) is 13.8. The molecule has 2 nitrogen and oxygen atoms in total. The number of aromatic nitrogens is 1. The van der Waals surface area contributed by atoms with E-state index in [2.05, 4.69) is 60.6 Å². The minimum absolute atomic E-state index is 0.870. The van der Waals surface area contributed by atoms with Gasteiger partial charge in [0.25, 0.3) is 0 Å². The van der Waals surface area contributed by atoms with Crippen molar-refractivity contribution in [2.24, 2.45) is 0 Å². The Hall–Kier alpha value is -1.80. The number of benzene rings is 1. The summed E-state index contributed by atoms with van der Waals surface area (Å²) in [6.45, 7) is 12.0. The highest BCUT2D eigenvalue weighted by Crippen LogP contribution is 2.20. The molecule has 0 aliphatic rings. The molecule has 0 unspecified atom stereocenters. The highest BCUT2D eigenvalue weighted by Gasteiger charge is 2.09. The van der Waals surface area contributed by atoms with E-state index in [-0.39, 0.29) is 0 Å². The van der Waals surface area contributed by atoms with Crippen molar-refractivity contribution in [3.05, 3.63) is 65.5 Å². The van der Waals surface area contributed by atoms with Crippen molar-refractivity contribution in [3.8, 4) is 5.69 Å². The lowest BCUT2D eigenvalue weighted by atomic mass is 10.2. The van der Waals surface area contributed by atoms with Crippen LogP contribution in [0.4, 0.5) is 0 Å². The van der Waals surface area contributed by atoms with Crippen molar-refractivity contribution in [2.45, 2.75) is 27.3 Å². The first-order valence-corrected chi connectivity index (χ1v) is 6.68. The molecular formula is C17H22N2. The topological polar surface area (TPSA) is 17.0 Å². The molecule has 2 aromatic rings. The minimum atomic E-state index is 0.870. The van der Waals surface area contributed by atoms with E-state index in [1.807, 2.05) is 13.0 Å². The third-order valence-electron chi connectivity index (χ3n) is 3.29. The molecule has 1 aromatic carbocycles. The molecule has 2 rings (SSSR count). The normalized spacial score (nSPS) is 10.7. The Morgan fingerprint density at radius 3 is 2.53 bits per heavy atom. The van der Waals surface area contributed by atoms with Crippen LogP contribution in [0.1, 0.15) is 23.9 Å². The Morgan fingerprint density at radius 1 is 1.21 bits per heavy atom. The van der Waals surface area contributed by atoms with E-state index >= 15 is 0 Å². The number of hydrogen-bond donors (Lipinski definition) is 1. The Morgan fingerprint density at radius 2 is 1.89 bits per heavy atom. The second-order valence-electron chi connectivity index (χ2n) is 5.13. The lowest BCUT2D eigenvalue weighted by Gasteiger charge is -2.10. The summed E-state index contributed by atoms with van der Waals surface area (Å²) in [6.07, 6.45) is 0. The van der Waals surface area contributed by atoms with Gasteiger partial charge < -0.3 is 9.88 Å². The Balaban J connectivity index is 2.23. The first-order chi connectivity index (χ1) is 9.09. The van der Waals surface area contributed by atoms with E-state index in [1.165, 1.54) is 22.6 Å². The van der Waals surface area contributed by atoms with Crippen LogP contribution in [0.2, 0.25) is 0 Å². The van der Waals surface area contributed by atoms with Gasteiger partial charge in [0, 0.05) is 30.2 Å². The predicted octanol–water partition coefficient (Wildman–Crippen LogP) is 3.76. The molecule has 0 fully saturated rings. The average Bonchev–Trinajstić information content (AvgIpc) is 2.65. The molecule has 1 aromatic heterocycles. The minimum Gasteiger partial charge on any atom is -0.318 e. The average molecular weight is 254 g/mol. The van der Waals surface area contributed by atoms with Crippen LogP contribution in [-0.2, 0) is 6.54 Å². The molecule has 0 aliphatic carbocycles. The third kappa shape index (κ3) is 3.15. The fraction of sp³-hybridized carbons (Fsp3) is 0.294. The van der Waals surface area contributed by atoms with Crippen LogP contribution in [0.5, 0.6) is 0 Å². The zero-order valence-corrected chi connectivity index (χ0v) is 12.0. The van der Waals surface area contributed by atoms with Gasteiger partial charge in [0.05, 0.1) is 0 Å². The molecule has 0 aliphatic heterocycles. The van der Waals surface area contributed by atoms with Crippen molar-refractivity contribution in [1.29, 1.82) is 0 Å². The number of para-hydroxylation sites is 1. The largest absolute Gasteiger partial charge is 0.318 e. The van der Waals surface area contributed by atoms with Gasteiger partial charge in [-0.3, -0.25) is 0 Å². The Labute approximate surface area is 115 Å². The number of nitrogens with one attached hydrogen (secondary N) is 1. The SMILES string of the molecule is C=C(C)CNCc1cc(C)n(-c2ccccc2)c1C. The second kappa shape index (κ2) is 5.89. The summed E-state index contributed by atoms with van der Waals surface area (Å²) in [5.41, 5.74) is 6.32.